The molecule has 1 aromatic rings. The second-order valence-corrected chi connectivity index (χ2v) is 8.51. The lowest BCUT2D eigenvalue weighted by atomic mass is 10.1. The van der Waals surface area contributed by atoms with Crippen molar-refractivity contribution in [1.29, 1.82) is 0 Å². The fourth-order valence-electron chi connectivity index (χ4n) is 3.49. The molecule has 1 atom stereocenters. The number of methoxy groups -OCH3 is 1. The lowest BCUT2D eigenvalue weighted by Gasteiger charge is -2.35. The Morgan fingerprint density at radius 3 is 2.56 bits per heavy atom. The predicted molar refractivity (Wildman–Crippen MR) is 93.7 cm³/mol. The number of piperazine rings is 1. The molecule has 2 aliphatic rings. The van der Waals surface area contributed by atoms with Crippen LogP contribution in [0.15, 0.2) is 23.1 Å². The smallest absolute Gasteiger partial charge is 0.243 e. The summed E-state index contributed by atoms with van der Waals surface area (Å²) in [5, 5.41) is 0. The number of hydrogen-bond acceptors (Lipinski definition) is 5. The van der Waals surface area contributed by atoms with Crippen LogP contribution in [0.25, 0.3) is 0 Å². The van der Waals surface area contributed by atoms with Gasteiger partial charge in [0.1, 0.15) is 6.04 Å². The summed E-state index contributed by atoms with van der Waals surface area (Å²) < 4.78 is 32.1. The van der Waals surface area contributed by atoms with Gasteiger partial charge in [-0.15, -0.1) is 0 Å². The molecule has 1 unspecified atom stereocenters. The summed E-state index contributed by atoms with van der Waals surface area (Å²) in [6.45, 7) is 1.42. The van der Waals surface area contributed by atoms with E-state index in [1.54, 1.807) is 11.0 Å². The number of nitrogens with two attached hydrogens (primary N) is 1. The molecule has 7 nitrogen and oxygen atoms in total. The van der Waals surface area contributed by atoms with Gasteiger partial charge in [-0.1, -0.05) is 6.07 Å². The van der Waals surface area contributed by atoms with Crippen molar-refractivity contribution in [2.45, 2.75) is 30.2 Å². The maximum atomic E-state index is 12.9. The molecular formula is C17H25N3O4S. The van der Waals surface area contributed by atoms with Crippen molar-refractivity contribution >= 4 is 15.9 Å². The van der Waals surface area contributed by atoms with Gasteiger partial charge in [0.2, 0.25) is 15.9 Å². The molecule has 0 bridgehead atoms. The number of carbonyl (C=O) groups is 1. The van der Waals surface area contributed by atoms with Crippen LogP contribution in [0.1, 0.15) is 17.5 Å². The normalized spacial score (nSPS) is 19.7. The zero-order valence-corrected chi connectivity index (χ0v) is 15.3. The first kappa shape index (κ1) is 18.3. The SMILES string of the molecule is COCC(N)C(=O)N1CCN(S(=O)(=O)c2ccc3c(c2)CCC3)CC1. The monoisotopic (exact) mass is 367 g/mol. The molecule has 1 aliphatic carbocycles. The molecule has 2 N–H and O–H groups in total. The van der Waals surface area contributed by atoms with Gasteiger partial charge in [0.25, 0.3) is 0 Å². The van der Waals surface area contributed by atoms with E-state index in [9.17, 15) is 13.2 Å². The Labute approximate surface area is 148 Å². The average molecular weight is 367 g/mol. The summed E-state index contributed by atoms with van der Waals surface area (Å²) in [6, 6.07) is 4.73. The number of fused-ring (bicyclic) bond motifs is 1. The highest BCUT2D eigenvalue weighted by Gasteiger charge is 2.32. The van der Waals surface area contributed by atoms with Crippen molar-refractivity contribution in [3.05, 3.63) is 29.3 Å². The molecule has 0 aromatic heterocycles. The van der Waals surface area contributed by atoms with Gasteiger partial charge < -0.3 is 15.4 Å². The van der Waals surface area contributed by atoms with Crippen LogP contribution >= 0.6 is 0 Å². The number of nitrogens with zero attached hydrogens (tertiary/aromatic N) is 2. The van der Waals surface area contributed by atoms with Crippen molar-refractivity contribution in [2.24, 2.45) is 5.73 Å². The second kappa shape index (κ2) is 7.41. The quantitative estimate of drug-likeness (QED) is 0.790. The van der Waals surface area contributed by atoms with Gasteiger partial charge in [0.15, 0.2) is 0 Å². The standard InChI is InChI=1S/C17H25N3O4S/c1-24-12-16(18)17(21)19-7-9-20(10-8-19)25(22,23)15-6-5-13-3-2-4-14(13)11-15/h5-6,11,16H,2-4,7-10,12,18H2,1H3. The van der Waals surface area contributed by atoms with Crippen LogP contribution in [0, 0.1) is 0 Å². The van der Waals surface area contributed by atoms with E-state index in [-0.39, 0.29) is 25.6 Å². The molecule has 25 heavy (non-hydrogen) atoms. The first-order valence-electron chi connectivity index (χ1n) is 8.58. The van der Waals surface area contributed by atoms with E-state index in [1.807, 2.05) is 12.1 Å². The van der Waals surface area contributed by atoms with Gasteiger partial charge in [0.05, 0.1) is 11.5 Å². The third-order valence-electron chi connectivity index (χ3n) is 4.92. The maximum absolute atomic E-state index is 12.9. The van der Waals surface area contributed by atoms with E-state index in [2.05, 4.69) is 0 Å². The summed E-state index contributed by atoms with van der Waals surface area (Å²) in [7, 11) is -2.03. The Morgan fingerprint density at radius 1 is 1.20 bits per heavy atom. The van der Waals surface area contributed by atoms with Crippen molar-refractivity contribution in [3.8, 4) is 0 Å². The minimum atomic E-state index is -3.52. The molecule has 3 rings (SSSR count). The number of rotatable bonds is 5. The fraction of sp³-hybridized carbons (Fsp3) is 0.588. The zero-order valence-electron chi connectivity index (χ0n) is 14.5. The Bertz CT molecular complexity index is 742. The molecule has 1 amide bonds. The van der Waals surface area contributed by atoms with Crippen molar-refractivity contribution in [1.82, 2.24) is 9.21 Å². The molecule has 138 valence electrons. The van der Waals surface area contributed by atoms with E-state index in [4.69, 9.17) is 10.5 Å². The lowest BCUT2D eigenvalue weighted by molar-refractivity contribution is -0.134. The van der Waals surface area contributed by atoms with Crippen LogP contribution in [-0.2, 0) is 32.4 Å². The maximum Gasteiger partial charge on any atom is 0.243 e. The molecule has 0 radical (unpaired) electrons. The average Bonchev–Trinajstić information content (AvgIpc) is 3.09. The fourth-order valence-corrected chi connectivity index (χ4v) is 4.97. The highest BCUT2D eigenvalue weighted by molar-refractivity contribution is 7.89. The van der Waals surface area contributed by atoms with Crippen molar-refractivity contribution in [3.63, 3.8) is 0 Å². The Hall–Kier alpha value is -1.48. The van der Waals surface area contributed by atoms with E-state index < -0.39 is 16.1 Å². The topological polar surface area (TPSA) is 92.9 Å². The zero-order chi connectivity index (χ0) is 18.0. The van der Waals surface area contributed by atoms with E-state index in [0.29, 0.717) is 18.0 Å². The molecule has 0 saturated carbocycles. The molecule has 0 spiro atoms. The number of amides is 1. The minimum Gasteiger partial charge on any atom is -0.383 e. The highest BCUT2D eigenvalue weighted by Crippen LogP contribution is 2.26. The summed E-state index contributed by atoms with van der Waals surface area (Å²) in [4.78, 5) is 14.2. The Morgan fingerprint density at radius 2 is 1.88 bits per heavy atom. The van der Waals surface area contributed by atoms with E-state index in [0.717, 1.165) is 24.8 Å². The molecule has 1 saturated heterocycles. The number of carbonyl (C=O) groups excluding carboxylic acids is 1. The number of benzene rings is 1. The molecular weight excluding hydrogens is 342 g/mol. The van der Waals surface area contributed by atoms with Crippen LogP contribution < -0.4 is 5.73 Å². The van der Waals surface area contributed by atoms with E-state index >= 15 is 0 Å². The van der Waals surface area contributed by atoms with Gasteiger partial charge >= 0.3 is 0 Å². The summed E-state index contributed by atoms with van der Waals surface area (Å²) >= 11 is 0. The molecule has 1 heterocycles. The van der Waals surface area contributed by atoms with E-state index in [1.165, 1.54) is 17.0 Å². The third kappa shape index (κ3) is 3.72. The van der Waals surface area contributed by atoms with Crippen LogP contribution in [0.5, 0.6) is 0 Å². The van der Waals surface area contributed by atoms with Gasteiger partial charge in [-0.2, -0.15) is 4.31 Å². The molecule has 8 heteroatoms. The Balaban J connectivity index is 1.67. The number of ether oxygens (including phenoxy) is 1. The first-order valence-corrected chi connectivity index (χ1v) is 10.0. The molecule has 1 aliphatic heterocycles. The highest BCUT2D eigenvalue weighted by atomic mass is 32.2. The van der Waals surface area contributed by atoms with Gasteiger partial charge in [-0.25, -0.2) is 8.42 Å². The summed E-state index contributed by atoms with van der Waals surface area (Å²) in [5.41, 5.74) is 8.16. The van der Waals surface area contributed by atoms with Crippen molar-refractivity contribution < 1.29 is 17.9 Å². The van der Waals surface area contributed by atoms with Gasteiger partial charge in [-0.05, 0) is 42.5 Å². The van der Waals surface area contributed by atoms with Crippen molar-refractivity contribution in [2.75, 3.05) is 39.9 Å². The first-order chi connectivity index (χ1) is 11.9. The van der Waals surface area contributed by atoms with Gasteiger partial charge in [-0.3, -0.25) is 4.79 Å². The lowest BCUT2D eigenvalue weighted by Crippen LogP contribution is -2.55. The minimum absolute atomic E-state index is 0.159. The number of sulfonamides is 1. The Kier molecular flexibility index (Phi) is 5.43. The third-order valence-corrected chi connectivity index (χ3v) is 6.82. The second-order valence-electron chi connectivity index (χ2n) is 6.58. The largest absolute Gasteiger partial charge is 0.383 e. The summed E-state index contributed by atoms with van der Waals surface area (Å²) in [6.07, 6.45) is 3.05. The predicted octanol–water partition coefficient (Wildman–Crippen LogP) is -0.0181. The van der Waals surface area contributed by atoms with Crippen LogP contribution in [0.4, 0.5) is 0 Å². The number of aryl methyl sites for hydroxylation is 2. The summed E-state index contributed by atoms with van der Waals surface area (Å²) in [5.74, 6) is -0.198. The van der Waals surface area contributed by atoms with Crippen LogP contribution in [0.2, 0.25) is 0 Å². The van der Waals surface area contributed by atoms with Crippen LogP contribution in [-0.4, -0.2) is 69.5 Å². The van der Waals surface area contributed by atoms with Gasteiger partial charge in [0, 0.05) is 33.3 Å². The number of hydrogen-bond donors (Lipinski definition) is 1. The van der Waals surface area contributed by atoms with Crippen LogP contribution in [0.3, 0.4) is 0 Å². The molecule has 1 aromatic carbocycles. The molecule has 1 fully saturated rings.